The lowest BCUT2D eigenvalue weighted by Gasteiger charge is -2.35. The maximum absolute atomic E-state index is 11.0. The number of carbonyl (C=O) groups excluding carboxylic acids is 1. The Bertz CT molecular complexity index is 1500. The maximum atomic E-state index is 11.0. The highest BCUT2D eigenvalue weighted by Crippen LogP contribution is 2.38. The van der Waals surface area contributed by atoms with Gasteiger partial charge in [-0.05, 0) is 136 Å². The number of likely N-dealkylation sites (tertiary alicyclic amines) is 1. The number of aryl methyl sites for hydroxylation is 2. The monoisotopic (exact) mass is 1050 g/mol. The molecule has 3 aliphatic heterocycles. The number of ether oxygens (including phenoxy) is 3. The average molecular weight is 1050 g/mol. The molecule has 3 fully saturated rings. The van der Waals surface area contributed by atoms with E-state index in [1.807, 2.05) is 30.6 Å². The standard InChI is InChI=1S/C11H24.C10H20.2C9H19NO.C8H14N2.C8H15NO.C8H18O.2CH4/c1-9(2)11(6,7)8-10(3,4)5;1-8(2)9(3)7-10(4,5)6;1-8(2)9(3)10-4-6-11-7-5-10;1-7(2)9(10)8-3-5-11-6-4-8;1-6(2)8-5-7(3)9-10(8)4;1-6(2)7-4-8(10)9(3)5-7;1-7(2)6-9-8(3,4)5;;/h9H,8H2,1-7H3;7-8H,1-6H3;8-9H,4-7H2,1-3H3;7-9H,3-6,10H2,1-2H3;5-6H,1-4H3;6-7H,4-5H2,1-3H3;7H,6H2,1-5H3;2*1H4/b;9-7+;;;;;;;. The second-order valence-electron chi connectivity index (χ2n) is 28.0. The Morgan fingerprint density at radius 3 is 1.46 bits per heavy atom. The Labute approximate surface area is 465 Å². The van der Waals surface area contributed by atoms with Crippen LogP contribution in [-0.2, 0) is 26.1 Å². The van der Waals surface area contributed by atoms with Crippen LogP contribution in [0.2, 0.25) is 0 Å². The molecule has 0 radical (unpaired) electrons. The molecular formula is C65H137N5O4. The third-order valence-electron chi connectivity index (χ3n) is 14.1. The van der Waals surface area contributed by atoms with Gasteiger partial charge in [-0.15, -0.1) is 0 Å². The van der Waals surface area contributed by atoms with E-state index in [1.54, 1.807) is 0 Å². The van der Waals surface area contributed by atoms with Gasteiger partial charge in [0.05, 0.1) is 24.5 Å². The molecule has 0 saturated carbocycles. The number of carbonyl (C=O) groups is 1. The molecule has 4 heterocycles. The predicted octanol–water partition coefficient (Wildman–Crippen LogP) is 17.2. The summed E-state index contributed by atoms with van der Waals surface area (Å²) in [5, 5.41) is 4.25. The normalized spacial score (nSPS) is 17.8. The van der Waals surface area contributed by atoms with E-state index in [0.29, 0.717) is 75.7 Å². The van der Waals surface area contributed by atoms with Crippen molar-refractivity contribution in [3.63, 3.8) is 0 Å². The molecule has 0 aliphatic carbocycles. The molecule has 446 valence electrons. The molecule has 0 aromatic carbocycles. The number of rotatable bonds is 11. The number of aromatic nitrogens is 2. The van der Waals surface area contributed by atoms with Crippen LogP contribution in [0.1, 0.15) is 245 Å². The number of nitrogens with two attached hydrogens (primary N) is 1. The van der Waals surface area contributed by atoms with Crippen molar-refractivity contribution in [3.05, 3.63) is 29.1 Å². The second kappa shape index (κ2) is 39.6. The number of morpholine rings is 1. The summed E-state index contributed by atoms with van der Waals surface area (Å²) in [6.45, 7) is 69.9. The van der Waals surface area contributed by atoms with Crippen LogP contribution in [0.15, 0.2) is 17.7 Å². The van der Waals surface area contributed by atoms with Gasteiger partial charge in [0, 0.05) is 77.7 Å². The zero-order valence-corrected chi connectivity index (χ0v) is 54.0. The van der Waals surface area contributed by atoms with Gasteiger partial charge in [0.15, 0.2) is 0 Å². The topological polar surface area (TPSA) is 95.1 Å². The zero-order valence-electron chi connectivity index (χ0n) is 54.0. The van der Waals surface area contributed by atoms with E-state index in [1.165, 1.54) is 17.7 Å². The Morgan fingerprint density at radius 1 is 0.757 bits per heavy atom. The lowest BCUT2D eigenvalue weighted by atomic mass is 9.70. The van der Waals surface area contributed by atoms with E-state index in [0.717, 1.165) is 89.5 Å². The summed E-state index contributed by atoms with van der Waals surface area (Å²) < 4.78 is 18.0. The average Bonchev–Trinajstić information content (AvgIpc) is 3.78. The van der Waals surface area contributed by atoms with E-state index in [2.05, 4.69) is 209 Å². The van der Waals surface area contributed by atoms with Gasteiger partial charge in [-0.2, -0.15) is 5.10 Å². The minimum Gasteiger partial charge on any atom is -0.381 e. The van der Waals surface area contributed by atoms with Crippen molar-refractivity contribution in [1.82, 2.24) is 19.6 Å². The van der Waals surface area contributed by atoms with Gasteiger partial charge in [-0.3, -0.25) is 14.4 Å². The van der Waals surface area contributed by atoms with Crippen molar-refractivity contribution in [2.45, 2.75) is 258 Å². The first-order chi connectivity index (χ1) is 32.5. The fourth-order valence-corrected chi connectivity index (χ4v) is 8.40. The third kappa shape index (κ3) is 42.3. The van der Waals surface area contributed by atoms with Crippen molar-refractivity contribution < 1.29 is 19.0 Å². The van der Waals surface area contributed by atoms with Gasteiger partial charge in [-0.25, -0.2) is 0 Å². The quantitative estimate of drug-likeness (QED) is 0.221. The molecule has 3 saturated heterocycles. The molecule has 1 aromatic rings. The molecule has 3 unspecified atom stereocenters. The molecule has 0 bridgehead atoms. The number of allylic oxidation sites excluding steroid dienone is 2. The van der Waals surface area contributed by atoms with Crippen LogP contribution < -0.4 is 5.73 Å². The Hall–Kier alpha value is -1.78. The van der Waals surface area contributed by atoms with Crippen molar-refractivity contribution >= 4 is 5.91 Å². The van der Waals surface area contributed by atoms with E-state index < -0.39 is 0 Å². The minimum absolute atomic E-state index is 0. The molecule has 9 heteroatoms. The Morgan fingerprint density at radius 2 is 1.23 bits per heavy atom. The second-order valence-corrected chi connectivity index (χ2v) is 28.0. The number of hydrogen-bond acceptors (Lipinski definition) is 7. The number of nitrogens with zero attached hydrogens (tertiary/aromatic N) is 4. The van der Waals surface area contributed by atoms with Gasteiger partial charge >= 0.3 is 0 Å². The summed E-state index contributed by atoms with van der Waals surface area (Å²) in [5.41, 5.74) is 11.3. The number of amides is 1. The molecule has 3 aliphatic rings. The van der Waals surface area contributed by atoms with Crippen LogP contribution in [0, 0.1) is 70.5 Å². The van der Waals surface area contributed by atoms with Crippen molar-refractivity contribution in [2.24, 2.45) is 76.4 Å². The summed E-state index contributed by atoms with van der Waals surface area (Å²) in [6.07, 6.45) is 6.71. The van der Waals surface area contributed by atoms with Crippen LogP contribution in [0.5, 0.6) is 0 Å². The SMILES string of the molecule is C.C.C/C(=C\C(C)(C)C)C(C)C.CC(C)C(C)(C)CC(C)(C)C.CC(C)C(C)N1CCOCC1.CC(C)C(N)C1CCOCC1.CC(C)C1CC(=O)N(C)C1.CC(C)COC(C)(C)C.Cc1cc(C(C)C)n(C)n1. The zero-order chi connectivity index (χ0) is 57.1. The summed E-state index contributed by atoms with van der Waals surface area (Å²) in [5.74, 6) is 6.30. The largest absolute Gasteiger partial charge is 0.381 e. The molecule has 2 N–H and O–H groups in total. The van der Waals surface area contributed by atoms with Crippen LogP contribution in [-0.4, -0.2) is 103 Å². The molecule has 3 atom stereocenters. The molecule has 1 aromatic heterocycles. The molecule has 4 rings (SSSR count). The van der Waals surface area contributed by atoms with Crippen LogP contribution in [0.4, 0.5) is 0 Å². The smallest absolute Gasteiger partial charge is 0.222 e. The lowest BCUT2D eigenvalue weighted by Crippen LogP contribution is -2.44. The van der Waals surface area contributed by atoms with Gasteiger partial charge in [0.25, 0.3) is 0 Å². The van der Waals surface area contributed by atoms with Crippen molar-refractivity contribution in [1.29, 1.82) is 0 Å². The van der Waals surface area contributed by atoms with Crippen LogP contribution in [0.3, 0.4) is 0 Å². The minimum atomic E-state index is 0. The Kier molecular flexibility index (Phi) is 43.3. The fraction of sp³-hybridized carbons (Fsp3) is 0.908. The van der Waals surface area contributed by atoms with Crippen LogP contribution in [0.25, 0.3) is 0 Å². The van der Waals surface area contributed by atoms with Crippen molar-refractivity contribution in [2.75, 3.05) is 59.7 Å². The van der Waals surface area contributed by atoms with E-state index >= 15 is 0 Å². The first kappa shape index (κ1) is 81.1. The van der Waals surface area contributed by atoms with Gasteiger partial charge in [0.1, 0.15) is 0 Å². The van der Waals surface area contributed by atoms with Crippen LogP contribution >= 0.6 is 0 Å². The van der Waals surface area contributed by atoms with Crippen molar-refractivity contribution in [3.8, 4) is 0 Å². The van der Waals surface area contributed by atoms with Gasteiger partial charge < -0.3 is 24.8 Å². The predicted molar refractivity (Wildman–Crippen MR) is 330 cm³/mol. The highest BCUT2D eigenvalue weighted by Gasteiger charge is 2.29. The summed E-state index contributed by atoms with van der Waals surface area (Å²) >= 11 is 0. The lowest BCUT2D eigenvalue weighted by molar-refractivity contribution is -0.126. The van der Waals surface area contributed by atoms with Gasteiger partial charge in [0.2, 0.25) is 5.91 Å². The highest BCUT2D eigenvalue weighted by atomic mass is 16.5. The van der Waals surface area contributed by atoms with Gasteiger partial charge in [-0.1, -0.05) is 179 Å². The first-order valence-electron chi connectivity index (χ1n) is 28.8. The van der Waals surface area contributed by atoms with E-state index in [9.17, 15) is 4.79 Å². The highest BCUT2D eigenvalue weighted by molar-refractivity contribution is 5.78. The fourth-order valence-electron chi connectivity index (χ4n) is 8.40. The summed E-state index contributed by atoms with van der Waals surface area (Å²) in [6, 6.07) is 3.21. The molecular weight excluding hydrogens is 915 g/mol. The van der Waals surface area contributed by atoms with E-state index in [-0.39, 0.29) is 20.5 Å². The molecule has 1 amide bonds. The first-order valence-corrected chi connectivity index (χ1v) is 28.8. The molecule has 74 heavy (non-hydrogen) atoms. The number of hydrogen-bond donors (Lipinski definition) is 1. The third-order valence-corrected chi connectivity index (χ3v) is 14.1. The Balaban J connectivity index is -0.000000249. The molecule has 9 nitrogen and oxygen atoms in total. The summed E-state index contributed by atoms with van der Waals surface area (Å²) in [7, 11) is 3.87. The molecule has 0 spiro atoms. The van der Waals surface area contributed by atoms with E-state index in [4.69, 9.17) is 19.9 Å². The summed E-state index contributed by atoms with van der Waals surface area (Å²) in [4.78, 5) is 15.3. The maximum Gasteiger partial charge on any atom is 0.222 e.